The zero-order valence-electron chi connectivity index (χ0n) is 17.0. The van der Waals surface area contributed by atoms with Crippen molar-refractivity contribution in [3.63, 3.8) is 0 Å². The van der Waals surface area contributed by atoms with E-state index in [9.17, 15) is 14.4 Å². The Morgan fingerprint density at radius 1 is 0.964 bits per heavy atom. The van der Waals surface area contributed by atoms with Crippen LogP contribution in [-0.2, 0) is 14.3 Å². The molecule has 0 aliphatic rings. The van der Waals surface area contributed by atoms with Crippen LogP contribution in [-0.4, -0.2) is 42.1 Å². The van der Waals surface area contributed by atoms with Crippen LogP contribution in [0.5, 0.6) is 0 Å². The summed E-state index contributed by atoms with van der Waals surface area (Å²) in [7, 11) is 1.62. The van der Waals surface area contributed by atoms with Crippen LogP contribution in [0.2, 0.25) is 0 Å². The van der Waals surface area contributed by atoms with E-state index >= 15 is 0 Å². The first-order chi connectivity index (χ1) is 13.1. The second-order valence-electron chi connectivity index (χ2n) is 6.86. The Kier molecular flexibility index (Phi) is 6.62. The van der Waals surface area contributed by atoms with E-state index in [4.69, 9.17) is 9.47 Å². The number of aryl methyl sites for hydroxylation is 1. The molecule has 0 bridgehead atoms. The first-order valence-corrected chi connectivity index (χ1v) is 9.07. The highest BCUT2D eigenvalue weighted by atomic mass is 16.6. The number of likely N-dealkylation sites (N-methyl/N-ethyl adjacent to an activating group) is 1. The number of para-hydroxylation sites is 1. The number of hydrogen-bond donors (Lipinski definition) is 1. The molecule has 1 aromatic heterocycles. The van der Waals surface area contributed by atoms with Gasteiger partial charge in [-0.3, -0.25) is 4.79 Å². The summed E-state index contributed by atoms with van der Waals surface area (Å²) in [6, 6.07) is 9.07. The van der Waals surface area contributed by atoms with Gasteiger partial charge in [-0.2, -0.15) is 0 Å². The van der Waals surface area contributed by atoms with Crippen molar-refractivity contribution in [1.29, 1.82) is 0 Å². The maximum atomic E-state index is 12.6. The van der Waals surface area contributed by atoms with Crippen LogP contribution in [0.15, 0.2) is 30.3 Å². The number of hydrogen-bond acceptors (Lipinski definition) is 5. The van der Waals surface area contributed by atoms with Crippen molar-refractivity contribution >= 4 is 23.5 Å². The number of aromatic amines is 1. The minimum Gasteiger partial charge on any atom is -0.459 e. The van der Waals surface area contributed by atoms with Gasteiger partial charge >= 0.3 is 11.9 Å². The zero-order valence-corrected chi connectivity index (χ0v) is 17.0. The van der Waals surface area contributed by atoms with Gasteiger partial charge in [0.15, 0.2) is 6.10 Å². The number of amides is 1. The topological polar surface area (TPSA) is 88.7 Å². The van der Waals surface area contributed by atoms with Crippen molar-refractivity contribution in [2.45, 2.75) is 46.8 Å². The van der Waals surface area contributed by atoms with Crippen LogP contribution < -0.4 is 4.90 Å². The fourth-order valence-corrected chi connectivity index (χ4v) is 2.85. The van der Waals surface area contributed by atoms with Crippen LogP contribution >= 0.6 is 0 Å². The Hall–Kier alpha value is -3.09. The lowest BCUT2D eigenvalue weighted by Crippen LogP contribution is -2.37. The molecule has 1 atom stereocenters. The molecule has 0 spiro atoms. The standard InChI is InChI=1S/C21H26N2O5/c1-12(2)27-20(25)17-13(3)18(22-14(17)4)21(26)28-15(5)19(24)23(6)16-10-8-7-9-11-16/h7-12,15,22H,1-6H3. The average molecular weight is 386 g/mol. The van der Waals surface area contributed by atoms with Crippen molar-refractivity contribution < 1.29 is 23.9 Å². The molecule has 1 heterocycles. The summed E-state index contributed by atoms with van der Waals surface area (Å²) in [5, 5.41) is 0. The lowest BCUT2D eigenvalue weighted by atomic mass is 10.1. The number of aromatic nitrogens is 1. The first-order valence-electron chi connectivity index (χ1n) is 9.07. The summed E-state index contributed by atoms with van der Waals surface area (Å²) in [4.78, 5) is 41.7. The number of esters is 2. The van der Waals surface area contributed by atoms with Crippen molar-refractivity contribution in [3.8, 4) is 0 Å². The van der Waals surface area contributed by atoms with E-state index in [2.05, 4.69) is 4.98 Å². The van der Waals surface area contributed by atoms with Gasteiger partial charge in [-0.25, -0.2) is 9.59 Å². The van der Waals surface area contributed by atoms with Crippen LogP contribution in [0.4, 0.5) is 5.69 Å². The van der Waals surface area contributed by atoms with Crippen molar-refractivity contribution in [3.05, 3.63) is 52.8 Å². The molecule has 1 aromatic carbocycles. The van der Waals surface area contributed by atoms with Crippen molar-refractivity contribution in [1.82, 2.24) is 4.98 Å². The molecular formula is C21H26N2O5. The van der Waals surface area contributed by atoms with Gasteiger partial charge in [0.2, 0.25) is 0 Å². The highest BCUT2D eigenvalue weighted by Gasteiger charge is 2.28. The van der Waals surface area contributed by atoms with E-state index in [0.717, 1.165) is 0 Å². The van der Waals surface area contributed by atoms with E-state index in [1.807, 2.05) is 18.2 Å². The molecule has 0 aliphatic heterocycles. The lowest BCUT2D eigenvalue weighted by molar-refractivity contribution is -0.126. The third-order valence-corrected chi connectivity index (χ3v) is 4.29. The SMILES string of the molecule is Cc1[nH]c(C(=O)OC(C)C(=O)N(C)c2ccccc2)c(C)c1C(=O)OC(C)C. The molecule has 28 heavy (non-hydrogen) atoms. The highest BCUT2D eigenvalue weighted by Crippen LogP contribution is 2.21. The van der Waals surface area contributed by atoms with Gasteiger partial charge in [-0.15, -0.1) is 0 Å². The summed E-state index contributed by atoms with van der Waals surface area (Å²) in [5.74, 6) is -1.57. The number of anilines is 1. The number of ether oxygens (including phenoxy) is 2. The van der Waals surface area contributed by atoms with E-state index < -0.39 is 18.0 Å². The van der Waals surface area contributed by atoms with Gasteiger partial charge in [-0.1, -0.05) is 18.2 Å². The third kappa shape index (κ3) is 4.60. The molecule has 1 amide bonds. The van der Waals surface area contributed by atoms with E-state index in [1.165, 1.54) is 11.8 Å². The second-order valence-corrected chi connectivity index (χ2v) is 6.86. The number of nitrogens with one attached hydrogen (secondary N) is 1. The number of nitrogens with zero attached hydrogens (tertiary/aromatic N) is 1. The minimum atomic E-state index is -0.994. The van der Waals surface area contributed by atoms with Crippen molar-refractivity contribution in [2.24, 2.45) is 0 Å². The van der Waals surface area contributed by atoms with Gasteiger partial charge in [-0.05, 0) is 52.3 Å². The molecule has 0 radical (unpaired) electrons. The van der Waals surface area contributed by atoms with Crippen LogP contribution in [0.3, 0.4) is 0 Å². The fraction of sp³-hybridized carbons (Fsp3) is 0.381. The smallest absolute Gasteiger partial charge is 0.355 e. The summed E-state index contributed by atoms with van der Waals surface area (Å²) in [5.41, 5.74) is 2.08. The fourth-order valence-electron chi connectivity index (χ4n) is 2.85. The van der Waals surface area contributed by atoms with Crippen molar-refractivity contribution in [2.75, 3.05) is 11.9 Å². The number of carbonyl (C=O) groups excluding carboxylic acids is 3. The maximum Gasteiger partial charge on any atom is 0.355 e. The highest BCUT2D eigenvalue weighted by molar-refractivity contribution is 6.01. The molecule has 0 saturated heterocycles. The van der Waals surface area contributed by atoms with Crippen LogP contribution in [0.1, 0.15) is 52.9 Å². The maximum absolute atomic E-state index is 12.6. The minimum absolute atomic E-state index is 0.134. The molecule has 0 aliphatic carbocycles. The zero-order chi connectivity index (χ0) is 21.0. The number of benzene rings is 1. The predicted molar refractivity (Wildman–Crippen MR) is 106 cm³/mol. The molecule has 0 saturated carbocycles. The quantitative estimate of drug-likeness (QED) is 0.769. The van der Waals surface area contributed by atoms with Crippen LogP contribution in [0.25, 0.3) is 0 Å². The summed E-state index contributed by atoms with van der Waals surface area (Å²) in [6.07, 6.45) is -1.27. The Morgan fingerprint density at radius 3 is 2.14 bits per heavy atom. The van der Waals surface area contributed by atoms with Gasteiger partial charge in [0.05, 0.1) is 11.7 Å². The first kappa shape index (κ1) is 21.2. The largest absolute Gasteiger partial charge is 0.459 e. The van der Waals surface area contributed by atoms with Gasteiger partial charge < -0.3 is 19.4 Å². The summed E-state index contributed by atoms with van der Waals surface area (Å²) < 4.78 is 10.6. The normalized spacial score (nSPS) is 11.8. The van der Waals surface area contributed by atoms with E-state index in [-0.39, 0.29) is 17.7 Å². The predicted octanol–water partition coefficient (Wildman–Crippen LogP) is 3.41. The Balaban J connectivity index is 2.14. The van der Waals surface area contributed by atoms with Gasteiger partial charge in [0, 0.05) is 18.4 Å². The molecule has 150 valence electrons. The molecule has 1 N–H and O–H groups in total. The number of H-pyrrole nitrogens is 1. The lowest BCUT2D eigenvalue weighted by Gasteiger charge is -2.21. The van der Waals surface area contributed by atoms with Gasteiger partial charge in [0.1, 0.15) is 5.69 Å². The average Bonchev–Trinajstić information content (AvgIpc) is 2.94. The van der Waals surface area contributed by atoms with E-state index in [0.29, 0.717) is 22.5 Å². The molecular weight excluding hydrogens is 360 g/mol. The second kappa shape index (κ2) is 8.73. The van der Waals surface area contributed by atoms with E-state index in [1.54, 1.807) is 46.9 Å². The molecule has 1 unspecified atom stereocenters. The molecule has 2 aromatic rings. The summed E-state index contributed by atoms with van der Waals surface area (Å²) >= 11 is 0. The molecule has 7 nitrogen and oxygen atoms in total. The Bertz CT molecular complexity index is 870. The summed E-state index contributed by atoms with van der Waals surface area (Å²) in [6.45, 7) is 8.33. The number of rotatable bonds is 6. The van der Waals surface area contributed by atoms with Gasteiger partial charge in [0.25, 0.3) is 5.91 Å². The molecule has 7 heteroatoms. The number of carbonyl (C=O) groups is 3. The van der Waals surface area contributed by atoms with Crippen LogP contribution in [0, 0.1) is 13.8 Å². The molecule has 2 rings (SSSR count). The third-order valence-electron chi connectivity index (χ3n) is 4.29. The Morgan fingerprint density at radius 2 is 1.57 bits per heavy atom. The monoisotopic (exact) mass is 386 g/mol. The molecule has 0 fully saturated rings. The Labute approximate surface area is 164 Å².